The molecule has 0 saturated carbocycles. The molecule has 1 saturated heterocycles. The number of likely N-dealkylation sites (tertiary alicyclic amines) is 1. The number of nitrogens with zero attached hydrogens (tertiary/aromatic N) is 4. The van der Waals surface area contributed by atoms with E-state index in [-0.39, 0.29) is 0 Å². The molecule has 0 spiro atoms. The summed E-state index contributed by atoms with van der Waals surface area (Å²) in [5, 5.41) is 4.35. The van der Waals surface area contributed by atoms with Crippen molar-refractivity contribution < 1.29 is 0 Å². The van der Waals surface area contributed by atoms with E-state index in [1.54, 1.807) is 0 Å². The number of rotatable bonds is 5. The second kappa shape index (κ2) is 7.26. The maximum atomic E-state index is 4.55. The van der Waals surface area contributed by atoms with Crippen LogP contribution in [0.2, 0.25) is 0 Å². The van der Waals surface area contributed by atoms with Gasteiger partial charge in [0.25, 0.3) is 0 Å². The van der Waals surface area contributed by atoms with Crippen LogP contribution in [0.4, 0.5) is 0 Å². The molecule has 0 unspecified atom stereocenters. The highest BCUT2D eigenvalue weighted by Crippen LogP contribution is 2.24. The number of aromatic nitrogens is 3. The first-order chi connectivity index (χ1) is 11.2. The maximum absolute atomic E-state index is 4.55. The molecular formula is C19H28N4. The molecule has 0 atom stereocenters. The van der Waals surface area contributed by atoms with Crippen LogP contribution in [0.1, 0.15) is 39.2 Å². The van der Waals surface area contributed by atoms with Crippen molar-refractivity contribution in [2.75, 3.05) is 13.1 Å². The van der Waals surface area contributed by atoms with Gasteiger partial charge in [0, 0.05) is 25.0 Å². The third kappa shape index (κ3) is 3.81. The van der Waals surface area contributed by atoms with E-state index in [2.05, 4.69) is 54.0 Å². The highest BCUT2D eigenvalue weighted by atomic mass is 15.3. The fourth-order valence-electron chi connectivity index (χ4n) is 3.55. The zero-order valence-electron chi connectivity index (χ0n) is 14.6. The van der Waals surface area contributed by atoms with Gasteiger partial charge in [0.05, 0.1) is 11.4 Å². The number of hydrogen-bond acceptors (Lipinski definition) is 3. The van der Waals surface area contributed by atoms with E-state index in [1.165, 1.54) is 37.9 Å². The molecule has 0 bridgehead atoms. The van der Waals surface area contributed by atoms with Gasteiger partial charge in [0.15, 0.2) is 0 Å². The smallest absolute Gasteiger partial charge is 0.0885 e. The molecule has 124 valence electrons. The second-order valence-corrected chi connectivity index (χ2v) is 6.86. The quantitative estimate of drug-likeness (QED) is 0.845. The summed E-state index contributed by atoms with van der Waals surface area (Å²) >= 11 is 0. The van der Waals surface area contributed by atoms with Gasteiger partial charge in [0.1, 0.15) is 0 Å². The number of hydrogen-bond donors (Lipinski definition) is 0. The minimum absolute atomic E-state index is 0.679. The fourth-order valence-corrected chi connectivity index (χ4v) is 3.55. The van der Waals surface area contributed by atoms with Crippen molar-refractivity contribution in [2.24, 2.45) is 5.92 Å². The van der Waals surface area contributed by atoms with Gasteiger partial charge < -0.3 is 4.90 Å². The monoisotopic (exact) mass is 312 g/mol. The molecule has 1 aliphatic rings. The van der Waals surface area contributed by atoms with Gasteiger partial charge in [-0.25, -0.2) is 0 Å². The van der Waals surface area contributed by atoms with Gasteiger partial charge in [-0.05, 0) is 82.8 Å². The minimum Gasteiger partial charge on any atom is -0.301 e. The Labute approximate surface area is 139 Å². The Kier molecular flexibility index (Phi) is 5.11. The van der Waals surface area contributed by atoms with Crippen LogP contribution in [-0.2, 0) is 13.0 Å². The lowest BCUT2D eigenvalue weighted by molar-refractivity contribution is 0.149. The summed E-state index contributed by atoms with van der Waals surface area (Å²) in [5.41, 5.74) is 3.56. The summed E-state index contributed by atoms with van der Waals surface area (Å²) in [7, 11) is 0. The van der Waals surface area contributed by atoms with Crippen molar-refractivity contribution in [3.8, 4) is 11.4 Å². The van der Waals surface area contributed by atoms with Gasteiger partial charge in [0.2, 0.25) is 0 Å². The molecular weight excluding hydrogens is 284 g/mol. The zero-order chi connectivity index (χ0) is 16.2. The molecule has 4 heteroatoms. The molecule has 0 aromatic carbocycles. The summed E-state index contributed by atoms with van der Waals surface area (Å²) in [4.78, 5) is 7.14. The van der Waals surface area contributed by atoms with Gasteiger partial charge >= 0.3 is 0 Å². The molecule has 0 radical (unpaired) electrons. The lowest BCUT2D eigenvalue weighted by Gasteiger charge is -2.34. The topological polar surface area (TPSA) is 34.0 Å². The zero-order valence-corrected chi connectivity index (χ0v) is 14.6. The Hall–Kier alpha value is -1.68. The van der Waals surface area contributed by atoms with Gasteiger partial charge in [-0.3, -0.25) is 9.67 Å². The largest absolute Gasteiger partial charge is 0.301 e. The van der Waals surface area contributed by atoms with E-state index in [0.29, 0.717) is 6.04 Å². The molecule has 3 heterocycles. The normalized spacial score (nSPS) is 17.0. The Balaban J connectivity index is 1.67. The van der Waals surface area contributed by atoms with E-state index in [0.717, 1.165) is 23.9 Å². The highest BCUT2D eigenvalue weighted by molar-refractivity contribution is 5.54. The van der Waals surface area contributed by atoms with Gasteiger partial charge in [-0.15, -0.1) is 0 Å². The molecule has 0 amide bonds. The molecule has 0 N–H and O–H groups in total. The molecule has 0 aliphatic carbocycles. The van der Waals surface area contributed by atoms with Crippen LogP contribution in [0.5, 0.6) is 0 Å². The Morgan fingerprint density at radius 3 is 2.65 bits per heavy atom. The summed E-state index contributed by atoms with van der Waals surface area (Å²) in [6.45, 7) is 10.1. The van der Waals surface area contributed by atoms with E-state index in [1.807, 2.05) is 17.1 Å². The molecule has 2 aromatic rings. The maximum Gasteiger partial charge on any atom is 0.0885 e. The van der Waals surface area contributed by atoms with E-state index in [9.17, 15) is 0 Å². The summed E-state index contributed by atoms with van der Waals surface area (Å²) in [5.74, 6) is 0.802. The highest BCUT2D eigenvalue weighted by Gasteiger charge is 2.21. The number of pyridine rings is 1. The average molecular weight is 312 g/mol. The Morgan fingerprint density at radius 1 is 1.17 bits per heavy atom. The third-order valence-electron chi connectivity index (χ3n) is 5.01. The van der Waals surface area contributed by atoms with E-state index < -0.39 is 0 Å². The molecule has 1 fully saturated rings. The van der Waals surface area contributed by atoms with Crippen LogP contribution < -0.4 is 0 Å². The second-order valence-electron chi connectivity index (χ2n) is 6.86. The summed E-state index contributed by atoms with van der Waals surface area (Å²) < 4.78 is 2.01. The van der Waals surface area contributed by atoms with Crippen molar-refractivity contribution >= 4 is 0 Å². The van der Waals surface area contributed by atoms with Crippen LogP contribution in [0, 0.1) is 5.92 Å². The van der Waals surface area contributed by atoms with E-state index >= 15 is 0 Å². The predicted octanol–water partition coefficient (Wildman–Crippen LogP) is 3.63. The SMILES string of the molecule is CCn1nccc1-c1cc(CC2CCN(C(C)C)CC2)ccn1. The number of piperidine rings is 1. The van der Waals surface area contributed by atoms with Gasteiger partial charge in [-0.2, -0.15) is 5.10 Å². The van der Waals surface area contributed by atoms with Crippen LogP contribution >= 0.6 is 0 Å². The van der Waals surface area contributed by atoms with Crippen LogP contribution in [0.3, 0.4) is 0 Å². The third-order valence-corrected chi connectivity index (χ3v) is 5.01. The van der Waals surface area contributed by atoms with Crippen LogP contribution in [0.25, 0.3) is 11.4 Å². The van der Waals surface area contributed by atoms with Crippen molar-refractivity contribution in [1.82, 2.24) is 19.7 Å². The fraction of sp³-hybridized carbons (Fsp3) is 0.579. The summed E-state index contributed by atoms with van der Waals surface area (Å²) in [6.07, 6.45) is 7.59. The first kappa shape index (κ1) is 16.2. The molecule has 1 aliphatic heterocycles. The molecule has 2 aromatic heterocycles. The van der Waals surface area contributed by atoms with Crippen LogP contribution in [-0.4, -0.2) is 38.8 Å². The van der Waals surface area contributed by atoms with Gasteiger partial charge in [-0.1, -0.05) is 0 Å². The predicted molar refractivity (Wildman–Crippen MR) is 94.3 cm³/mol. The Bertz CT molecular complexity index is 624. The molecule has 4 nitrogen and oxygen atoms in total. The minimum atomic E-state index is 0.679. The first-order valence-electron chi connectivity index (χ1n) is 8.88. The first-order valence-corrected chi connectivity index (χ1v) is 8.88. The molecule has 3 rings (SSSR count). The van der Waals surface area contributed by atoms with Crippen molar-refractivity contribution in [1.29, 1.82) is 0 Å². The van der Waals surface area contributed by atoms with Crippen molar-refractivity contribution in [2.45, 2.75) is 52.6 Å². The van der Waals surface area contributed by atoms with Crippen molar-refractivity contribution in [3.05, 3.63) is 36.2 Å². The van der Waals surface area contributed by atoms with E-state index in [4.69, 9.17) is 0 Å². The Morgan fingerprint density at radius 2 is 1.96 bits per heavy atom. The average Bonchev–Trinajstić information content (AvgIpc) is 3.04. The molecule has 23 heavy (non-hydrogen) atoms. The summed E-state index contributed by atoms with van der Waals surface area (Å²) in [6, 6.07) is 7.15. The van der Waals surface area contributed by atoms with Crippen molar-refractivity contribution in [3.63, 3.8) is 0 Å². The lowest BCUT2D eigenvalue weighted by atomic mass is 9.89. The lowest BCUT2D eigenvalue weighted by Crippen LogP contribution is -2.38. The van der Waals surface area contributed by atoms with Crippen LogP contribution in [0.15, 0.2) is 30.6 Å². The number of aryl methyl sites for hydroxylation is 1. The standard InChI is InChI=1S/C19H28N4/c1-4-23-19(6-10-21-23)18-14-17(5-9-20-18)13-16-7-11-22(12-8-16)15(2)3/h5-6,9-10,14-16H,4,7-8,11-13H2,1-3H3.